The van der Waals surface area contributed by atoms with Crippen molar-refractivity contribution in [1.29, 1.82) is 0 Å². The maximum atomic E-state index is 13.0. The van der Waals surface area contributed by atoms with E-state index >= 15 is 0 Å². The summed E-state index contributed by atoms with van der Waals surface area (Å²) >= 11 is 0. The van der Waals surface area contributed by atoms with Gasteiger partial charge in [-0.25, -0.2) is 0 Å². The number of anilines is 2. The number of nitrogen functional groups attached to an aromatic ring is 1. The van der Waals surface area contributed by atoms with Gasteiger partial charge in [0, 0.05) is 37.9 Å². The van der Waals surface area contributed by atoms with E-state index in [0.29, 0.717) is 43.7 Å². The topological polar surface area (TPSA) is 152 Å². The number of nitrogens with zero attached hydrogens (tertiary/aromatic N) is 1. The Bertz CT molecular complexity index is 1640. The molecular formula is C42H56N4O7. The zero-order chi connectivity index (χ0) is 37.8. The first kappa shape index (κ1) is 39.9. The number of esters is 1. The Balaban J connectivity index is 1.10. The van der Waals surface area contributed by atoms with Crippen molar-refractivity contribution in [1.82, 2.24) is 10.2 Å². The smallest absolute Gasteiger partial charge is 0.323 e. The Hall–Kier alpha value is -4.29. The molecule has 4 unspecified atom stereocenters. The minimum Gasteiger partial charge on any atom is -0.459 e. The summed E-state index contributed by atoms with van der Waals surface area (Å²) in [6, 6.07) is 22.6. The molecule has 53 heavy (non-hydrogen) atoms. The van der Waals surface area contributed by atoms with Crippen LogP contribution in [0.3, 0.4) is 0 Å². The van der Waals surface area contributed by atoms with E-state index in [-0.39, 0.29) is 42.6 Å². The van der Waals surface area contributed by atoms with Gasteiger partial charge in [0.2, 0.25) is 11.8 Å². The second-order valence-electron chi connectivity index (χ2n) is 15.1. The van der Waals surface area contributed by atoms with Crippen LogP contribution in [0.5, 0.6) is 0 Å². The summed E-state index contributed by atoms with van der Waals surface area (Å²) in [6.45, 7) is 7.44. The molecule has 0 saturated carbocycles. The Labute approximate surface area is 313 Å². The summed E-state index contributed by atoms with van der Waals surface area (Å²) < 4.78 is 18.8. The molecule has 5 N–H and O–H groups in total. The van der Waals surface area contributed by atoms with E-state index in [9.17, 15) is 19.5 Å². The molecule has 0 radical (unpaired) electrons. The third-order valence-corrected chi connectivity index (χ3v) is 9.63. The van der Waals surface area contributed by atoms with Crippen LogP contribution >= 0.6 is 0 Å². The number of benzene rings is 3. The number of aliphatic hydroxyl groups excluding tert-OH is 1. The quantitative estimate of drug-likeness (QED) is 0.0717. The predicted molar refractivity (Wildman–Crippen MR) is 204 cm³/mol. The highest BCUT2D eigenvalue weighted by molar-refractivity contribution is 5.93. The SMILES string of the molecule is CC(C)(C)OC(=O)C1CCCN1CC1CC(c2ccc(CO)cc2)OC(c2ccc(CNC(=O)CCCCCCC(=O)Nc3ccccc3N)cc2)O1. The lowest BCUT2D eigenvalue weighted by atomic mass is 9.99. The van der Waals surface area contributed by atoms with Crippen molar-refractivity contribution in [2.75, 3.05) is 24.1 Å². The van der Waals surface area contributed by atoms with Gasteiger partial charge in [-0.2, -0.15) is 0 Å². The molecule has 0 aliphatic carbocycles. The van der Waals surface area contributed by atoms with Gasteiger partial charge in [-0.15, -0.1) is 0 Å². The summed E-state index contributed by atoms with van der Waals surface area (Å²) in [7, 11) is 0. The van der Waals surface area contributed by atoms with Gasteiger partial charge in [0.05, 0.1) is 30.2 Å². The summed E-state index contributed by atoms with van der Waals surface area (Å²) in [6.07, 6.45) is 5.36. The van der Waals surface area contributed by atoms with Crippen LogP contribution in [0.4, 0.5) is 11.4 Å². The van der Waals surface area contributed by atoms with Crippen molar-refractivity contribution >= 4 is 29.2 Å². The average Bonchev–Trinajstić information content (AvgIpc) is 3.61. The number of rotatable bonds is 16. The number of carbonyl (C=O) groups is 3. The second kappa shape index (κ2) is 19.2. The molecular weight excluding hydrogens is 672 g/mol. The molecule has 11 heteroatoms. The number of aliphatic hydroxyl groups is 1. The zero-order valence-corrected chi connectivity index (χ0v) is 31.4. The first-order valence-electron chi connectivity index (χ1n) is 18.9. The highest BCUT2D eigenvalue weighted by atomic mass is 16.7. The van der Waals surface area contributed by atoms with Crippen LogP contribution in [0.25, 0.3) is 0 Å². The van der Waals surface area contributed by atoms with Gasteiger partial charge in [0.15, 0.2) is 6.29 Å². The molecule has 2 aliphatic rings. The zero-order valence-electron chi connectivity index (χ0n) is 31.4. The molecule has 11 nitrogen and oxygen atoms in total. The summed E-state index contributed by atoms with van der Waals surface area (Å²) in [4.78, 5) is 40.0. The number of amides is 2. The minimum absolute atomic E-state index is 0.00480. The molecule has 2 amide bonds. The van der Waals surface area contributed by atoms with Crippen LogP contribution in [0.15, 0.2) is 72.8 Å². The summed E-state index contributed by atoms with van der Waals surface area (Å²) in [5.41, 5.74) is 10.2. The fourth-order valence-electron chi connectivity index (χ4n) is 6.81. The highest BCUT2D eigenvalue weighted by Crippen LogP contribution is 2.39. The van der Waals surface area contributed by atoms with Crippen molar-refractivity contribution < 1.29 is 33.7 Å². The number of unbranched alkanes of at least 4 members (excludes halogenated alkanes) is 3. The molecule has 286 valence electrons. The molecule has 4 atom stereocenters. The maximum Gasteiger partial charge on any atom is 0.323 e. The van der Waals surface area contributed by atoms with Crippen LogP contribution in [0.1, 0.15) is 113 Å². The van der Waals surface area contributed by atoms with Crippen molar-refractivity contribution in [3.63, 3.8) is 0 Å². The van der Waals surface area contributed by atoms with Crippen molar-refractivity contribution in [2.24, 2.45) is 0 Å². The van der Waals surface area contributed by atoms with Crippen LogP contribution in [0.2, 0.25) is 0 Å². The van der Waals surface area contributed by atoms with Crippen LogP contribution in [0, 0.1) is 0 Å². The van der Waals surface area contributed by atoms with Gasteiger partial charge < -0.3 is 35.7 Å². The second-order valence-corrected chi connectivity index (χ2v) is 15.1. The van der Waals surface area contributed by atoms with E-state index in [4.69, 9.17) is 19.9 Å². The lowest BCUT2D eigenvalue weighted by Crippen LogP contribution is -2.45. The van der Waals surface area contributed by atoms with Crippen LogP contribution in [-0.2, 0) is 41.7 Å². The molecule has 0 bridgehead atoms. The molecule has 3 aromatic rings. The summed E-state index contributed by atoms with van der Waals surface area (Å²) in [5.74, 6) is -0.253. The number of hydrogen-bond donors (Lipinski definition) is 4. The molecule has 2 saturated heterocycles. The number of ether oxygens (including phenoxy) is 3. The van der Waals surface area contributed by atoms with E-state index in [2.05, 4.69) is 15.5 Å². The number of carbonyl (C=O) groups excluding carboxylic acids is 3. The van der Waals surface area contributed by atoms with Gasteiger partial charge in [0.1, 0.15) is 11.6 Å². The standard InChI is InChI=1S/C42H56N4O7/c1-42(2,3)53-40(50)36-13-10-24-46(36)27-33-25-37(31-20-18-30(28-47)19-21-31)52-41(51-33)32-22-16-29(17-23-32)26-44-38(48)14-6-4-5-7-15-39(49)45-35-12-9-8-11-34(35)43/h8-9,11-12,16-23,33,36-37,41,47H,4-7,10,13-15,24-28,43H2,1-3H3,(H,44,48)(H,45,49). The van der Waals surface area contributed by atoms with Gasteiger partial charge >= 0.3 is 5.97 Å². The number of likely N-dealkylation sites (tertiary alicyclic amines) is 1. The van der Waals surface area contributed by atoms with Crippen molar-refractivity contribution in [2.45, 2.75) is 122 Å². The molecule has 2 heterocycles. The number of para-hydroxylation sites is 2. The Morgan fingerprint density at radius 1 is 0.868 bits per heavy atom. The summed E-state index contributed by atoms with van der Waals surface area (Å²) in [5, 5.41) is 15.4. The van der Waals surface area contributed by atoms with Gasteiger partial charge in [-0.3, -0.25) is 19.3 Å². The Morgan fingerprint density at radius 3 is 2.21 bits per heavy atom. The fraction of sp³-hybridized carbons (Fsp3) is 0.500. The largest absolute Gasteiger partial charge is 0.459 e. The van der Waals surface area contributed by atoms with E-state index < -0.39 is 11.9 Å². The van der Waals surface area contributed by atoms with Crippen LogP contribution < -0.4 is 16.4 Å². The molecule has 2 aliphatic heterocycles. The van der Waals surface area contributed by atoms with Crippen molar-refractivity contribution in [3.8, 4) is 0 Å². The Kier molecular flexibility index (Phi) is 14.4. The fourth-order valence-corrected chi connectivity index (χ4v) is 6.81. The van der Waals surface area contributed by atoms with Gasteiger partial charge in [-0.1, -0.05) is 73.5 Å². The molecule has 2 fully saturated rings. The number of nitrogens with two attached hydrogens (primary N) is 1. The Morgan fingerprint density at radius 2 is 1.53 bits per heavy atom. The van der Waals surface area contributed by atoms with E-state index in [0.717, 1.165) is 67.3 Å². The van der Waals surface area contributed by atoms with Gasteiger partial charge in [-0.05, 0) is 81.8 Å². The normalized spacial score (nSPS) is 20.5. The molecule has 3 aromatic carbocycles. The monoisotopic (exact) mass is 728 g/mol. The first-order valence-corrected chi connectivity index (χ1v) is 18.9. The molecule has 0 spiro atoms. The average molecular weight is 729 g/mol. The number of hydrogen-bond acceptors (Lipinski definition) is 9. The molecule has 0 aromatic heterocycles. The third kappa shape index (κ3) is 12.4. The minimum atomic E-state index is -0.620. The predicted octanol–water partition coefficient (Wildman–Crippen LogP) is 6.71. The van der Waals surface area contributed by atoms with Crippen LogP contribution in [-0.4, -0.2) is 58.6 Å². The first-order chi connectivity index (χ1) is 25.5. The van der Waals surface area contributed by atoms with Gasteiger partial charge in [0.25, 0.3) is 0 Å². The lowest BCUT2D eigenvalue weighted by molar-refractivity contribution is -0.253. The number of nitrogens with one attached hydrogen (secondary N) is 2. The molecule has 5 rings (SSSR count). The highest BCUT2D eigenvalue weighted by Gasteiger charge is 2.39. The maximum absolute atomic E-state index is 13.0. The lowest BCUT2D eigenvalue weighted by Gasteiger charge is -2.38. The van der Waals surface area contributed by atoms with E-state index in [1.54, 1.807) is 12.1 Å². The van der Waals surface area contributed by atoms with E-state index in [1.165, 1.54) is 0 Å². The van der Waals surface area contributed by atoms with E-state index in [1.807, 2.05) is 81.4 Å². The van der Waals surface area contributed by atoms with Crippen molar-refractivity contribution in [3.05, 3.63) is 95.1 Å². The third-order valence-electron chi connectivity index (χ3n) is 9.63.